The lowest BCUT2D eigenvalue weighted by molar-refractivity contribution is 0.752. The summed E-state index contributed by atoms with van der Waals surface area (Å²) in [4.78, 5) is 5.34. The molecule has 0 saturated carbocycles. The van der Waals surface area contributed by atoms with Gasteiger partial charge in [-0.25, -0.2) is 0 Å². The highest BCUT2D eigenvalue weighted by atomic mass is 32.2. The molecule has 0 amide bonds. The Morgan fingerprint density at radius 3 is 3.00 bits per heavy atom. The number of hydrogen-bond acceptors (Lipinski definition) is 2. The quantitative estimate of drug-likeness (QED) is 0.678. The Bertz CT molecular complexity index is 633. The number of aryl methyl sites for hydroxylation is 2. The Morgan fingerprint density at radius 2 is 2.06 bits per heavy atom. The van der Waals surface area contributed by atoms with Crippen LogP contribution in [-0.2, 0) is 6.42 Å². The second-order valence-electron chi connectivity index (χ2n) is 5.09. The van der Waals surface area contributed by atoms with Crippen LogP contribution in [0.2, 0.25) is 0 Å². The molecular formula is C16H15NS. The zero-order valence-electron chi connectivity index (χ0n) is 10.4. The summed E-state index contributed by atoms with van der Waals surface area (Å²) >= 11 is 1.92. The lowest BCUT2D eigenvalue weighted by Gasteiger charge is -2.37. The third-order valence-electron chi connectivity index (χ3n) is 3.81. The van der Waals surface area contributed by atoms with Gasteiger partial charge in [-0.05, 0) is 49.1 Å². The van der Waals surface area contributed by atoms with Crippen molar-refractivity contribution >= 4 is 23.1 Å². The molecule has 90 valence electrons. The molecule has 0 fully saturated rings. The van der Waals surface area contributed by atoms with E-state index in [2.05, 4.69) is 48.2 Å². The van der Waals surface area contributed by atoms with E-state index >= 15 is 0 Å². The number of benzene rings is 2. The van der Waals surface area contributed by atoms with Crippen molar-refractivity contribution < 1.29 is 0 Å². The van der Waals surface area contributed by atoms with Crippen molar-refractivity contribution in [2.24, 2.45) is 0 Å². The van der Waals surface area contributed by atoms with Crippen molar-refractivity contribution in [3.05, 3.63) is 47.5 Å². The molecule has 2 aromatic rings. The Morgan fingerprint density at radius 1 is 1.11 bits per heavy atom. The normalized spacial score (nSPS) is 16.2. The van der Waals surface area contributed by atoms with E-state index in [4.69, 9.17) is 0 Å². The van der Waals surface area contributed by atoms with Crippen LogP contribution in [0, 0.1) is 6.92 Å². The van der Waals surface area contributed by atoms with Gasteiger partial charge in [0.1, 0.15) is 0 Å². The van der Waals surface area contributed by atoms with Gasteiger partial charge in [0.2, 0.25) is 0 Å². The van der Waals surface area contributed by atoms with E-state index in [-0.39, 0.29) is 0 Å². The third kappa shape index (κ3) is 1.42. The van der Waals surface area contributed by atoms with E-state index < -0.39 is 0 Å². The zero-order chi connectivity index (χ0) is 12.1. The van der Waals surface area contributed by atoms with Crippen molar-refractivity contribution in [3.8, 4) is 0 Å². The summed E-state index contributed by atoms with van der Waals surface area (Å²) in [7, 11) is 0. The molecule has 0 N–H and O–H groups in total. The molecule has 4 rings (SSSR count). The lowest BCUT2D eigenvalue weighted by atomic mass is 10.0. The second kappa shape index (κ2) is 3.79. The molecule has 0 bridgehead atoms. The zero-order valence-corrected chi connectivity index (χ0v) is 11.3. The maximum Gasteiger partial charge on any atom is 0.0585 e. The molecule has 1 nitrogen and oxygen atoms in total. The van der Waals surface area contributed by atoms with Gasteiger partial charge in [0.15, 0.2) is 0 Å². The molecule has 2 aliphatic heterocycles. The second-order valence-corrected chi connectivity index (χ2v) is 6.18. The summed E-state index contributed by atoms with van der Waals surface area (Å²) in [6, 6.07) is 13.6. The van der Waals surface area contributed by atoms with Gasteiger partial charge in [0.05, 0.1) is 11.4 Å². The molecule has 2 heterocycles. The summed E-state index contributed by atoms with van der Waals surface area (Å²) in [6.07, 6.45) is 2.48. The molecular weight excluding hydrogens is 238 g/mol. The lowest BCUT2D eigenvalue weighted by Crippen LogP contribution is -2.27. The molecule has 2 heteroatoms. The first-order valence-corrected chi connectivity index (χ1v) is 7.32. The smallest absolute Gasteiger partial charge is 0.0585 e. The summed E-state index contributed by atoms with van der Waals surface area (Å²) in [5.74, 6) is 0. The van der Waals surface area contributed by atoms with Gasteiger partial charge in [0, 0.05) is 16.3 Å². The van der Waals surface area contributed by atoms with E-state index in [0.29, 0.717) is 0 Å². The van der Waals surface area contributed by atoms with Gasteiger partial charge in [0.25, 0.3) is 0 Å². The highest BCUT2D eigenvalue weighted by Gasteiger charge is 2.27. The molecule has 0 spiro atoms. The molecule has 2 aromatic carbocycles. The van der Waals surface area contributed by atoms with E-state index in [1.807, 2.05) is 11.8 Å². The van der Waals surface area contributed by atoms with E-state index in [1.165, 1.54) is 45.1 Å². The fourth-order valence-corrected chi connectivity index (χ4v) is 4.23. The molecule has 0 saturated heterocycles. The Labute approximate surface area is 112 Å². The van der Waals surface area contributed by atoms with Gasteiger partial charge in [-0.1, -0.05) is 30.0 Å². The van der Waals surface area contributed by atoms with E-state index in [0.717, 1.165) is 6.54 Å². The molecule has 2 aliphatic rings. The van der Waals surface area contributed by atoms with Crippen LogP contribution in [0.15, 0.2) is 46.2 Å². The predicted octanol–water partition coefficient (Wildman–Crippen LogP) is 4.54. The van der Waals surface area contributed by atoms with Crippen molar-refractivity contribution in [2.45, 2.75) is 29.6 Å². The minimum absolute atomic E-state index is 1.15. The molecule has 18 heavy (non-hydrogen) atoms. The van der Waals surface area contributed by atoms with Crippen LogP contribution in [-0.4, -0.2) is 6.54 Å². The van der Waals surface area contributed by atoms with Crippen LogP contribution in [0.4, 0.5) is 11.4 Å². The maximum absolute atomic E-state index is 2.51. The van der Waals surface area contributed by atoms with Crippen molar-refractivity contribution in [1.29, 1.82) is 0 Å². The largest absolute Gasteiger partial charge is 0.339 e. The Balaban J connectivity index is 1.97. The predicted molar refractivity (Wildman–Crippen MR) is 77.1 cm³/mol. The van der Waals surface area contributed by atoms with E-state index in [9.17, 15) is 0 Å². The van der Waals surface area contributed by atoms with Gasteiger partial charge < -0.3 is 4.90 Å². The van der Waals surface area contributed by atoms with Crippen LogP contribution < -0.4 is 4.90 Å². The van der Waals surface area contributed by atoms with Crippen LogP contribution >= 0.6 is 11.8 Å². The fraction of sp³-hybridized carbons (Fsp3) is 0.250. The Hall–Kier alpha value is -1.41. The molecule has 0 unspecified atom stereocenters. The van der Waals surface area contributed by atoms with Crippen molar-refractivity contribution in [3.63, 3.8) is 0 Å². The fourth-order valence-electron chi connectivity index (χ4n) is 2.98. The molecule has 0 aromatic heterocycles. The number of anilines is 2. The van der Waals surface area contributed by atoms with Crippen LogP contribution in [0.5, 0.6) is 0 Å². The number of hydrogen-bond donors (Lipinski definition) is 0. The summed E-state index contributed by atoms with van der Waals surface area (Å²) < 4.78 is 0. The maximum atomic E-state index is 2.51. The summed E-state index contributed by atoms with van der Waals surface area (Å²) in [5.41, 5.74) is 5.71. The van der Waals surface area contributed by atoms with E-state index in [1.54, 1.807) is 0 Å². The first kappa shape index (κ1) is 10.5. The van der Waals surface area contributed by atoms with Crippen molar-refractivity contribution in [1.82, 2.24) is 0 Å². The van der Waals surface area contributed by atoms with Gasteiger partial charge in [-0.3, -0.25) is 0 Å². The monoisotopic (exact) mass is 253 g/mol. The SMILES string of the molecule is Cc1ccc2c(c1)Sc1cccc3c1N2CCC3. The molecule has 0 radical (unpaired) electrons. The molecule has 0 aliphatic carbocycles. The van der Waals surface area contributed by atoms with Crippen LogP contribution in [0.3, 0.4) is 0 Å². The third-order valence-corrected chi connectivity index (χ3v) is 4.90. The van der Waals surface area contributed by atoms with Gasteiger partial charge >= 0.3 is 0 Å². The van der Waals surface area contributed by atoms with Crippen molar-refractivity contribution in [2.75, 3.05) is 11.4 Å². The van der Waals surface area contributed by atoms with Gasteiger partial charge in [-0.15, -0.1) is 0 Å². The topological polar surface area (TPSA) is 3.24 Å². The Kier molecular flexibility index (Phi) is 2.21. The summed E-state index contributed by atoms with van der Waals surface area (Å²) in [6.45, 7) is 3.32. The minimum atomic E-state index is 1.15. The highest BCUT2D eigenvalue weighted by Crippen LogP contribution is 2.51. The number of rotatable bonds is 0. The first-order valence-electron chi connectivity index (χ1n) is 6.51. The number of para-hydroxylation sites is 1. The number of fused-ring (bicyclic) bond motifs is 2. The average molecular weight is 253 g/mol. The standard InChI is InChI=1S/C16H15NS/c1-11-7-8-13-15(10-11)18-14-6-2-4-12-5-3-9-17(13)16(12)14/h2,4,6-8,10H,3,5,9H2,1H3. The highest BCUT2D eigenvalue weighted by molar-refractivity contribution is 7.99. The first-order chi connectivity index (χ1) is 8.83. The van der Waals surface area contributed by atoms with Crippen LogP contribution in [0.25, 0.3) is 0 Å². The molecule has 0 atom stereocenters. The van der Waals surface area contributed by atoms with Crippen LogP contribution in [0.1, 0.15) is 17.5 Å². The average Bonchev–Trinajstić information content (AvgIpc) is 2.39. The number of nitrogens with zero attached hydrogens (tertiary/aromatic N) is 1. The minimum Gasteiger partial charge on any atom is -0.339 e. The van der Waals surface area contributed by atoms with Gasteiger partial charge in [-0.2, -0.15) is 0 Å². The summed E-state index contributed by atoms with van der Waals surface area (Å²) in [5, 5.41) is 0.